The number of hydrogen-bond donors (Lipinski definition) is 1. The van der Waals surface area contributed by atoms with E-state index in [4.69, 9.17) is 0 Å². The first-order chi connectivity index (χ1) is 9.29. The van der Waals surface area contributed by atoms with Crippen molar-refractivity contribution < 1.29 is 0 Å². The minimum Gasteiger partial charge on any atom is -0.338 e. The lowest BCUT2D eigenvalue weighted by molar-refractivity contribution is 0.357. The normalized spacial score (nSPS) is 18.6. The van der Waals surface area contributed by atoms with E-state index in [1.54, 1.807) is 0 Å². The van der Waals surface area contributed by atoms with E-state index in [0.29, 0.717) is 6.04 Å². The van der Waals surface area contributed by atoms with Gasteiger partial charge in [0.2, 0.25) is 0 Å². The van der Waals surface area contributed by atoms with Crippen molar-refractivity contribution in [3.8, 4) is 0 Å². The fourth-order valence-corrected chi connectivity index (χ4v) is 3.99. The van der Waals surface area contributed by atoms with E-state index in [1.165, 1.54) is 43.0 Å². The molecule has 1 unspecified atom stereocenters. The minimum atomic E-state index is 0.592. The Morgan fingerprint density at radius 3 is 2.89 bits per heavy atom. The second kappa shape index (κ2) is 7.95. The highest BCUT2D eigenvalue weighted by molar-refractivity contribution is 7.99. The summed E-state index contributed by atoms with van der Waals surface area (Å²) in [6.45, 7) is 3.36. The van der Waals surface area contributed by atoms with Gasteiger partial charge in [0.05, 0.1) is 0 Å². The molecule has 1 N–H and O–H groups in total. The first-order valence-corrected chi connectivity index (χ1v) is 8.72. The van der Waals surface area contributed by atoms with Crippen LogP contribution in [0.5, 0.6) is 0 Å². The molecule has 1 fully saturated rings. The van der Waals surface area contributed by atoms with Crippen LogP contribution < -0.4 is 5.32 Å². The molecule has 1 saturated heterocycles. The predicted octanol–water partition coefficient (Wildman–Crippen LogP) is 2.86. The largest absolute Gasteiger partial charge is 0.338 e. The summed E-state index contributed by atoms with van der Waals surface area (Å²) in [6.07, 6.45) is 10.3. The van der Waals surface area contributed by atoms with Crippen molar-refractivity contribution in [2.75, 3.05) is 18.1 Å². The number of aryl methyl sites for hydroxylation is 1. The standard InChI is InChI=1S/C15H27N3S/c1-3-6-16-14(11-13-4-9-19-10-5-13)12-15-17-7-8-18(15)2/h7-8,13-14,16H,3-6,9-12H2,1-2H3. The summed E-state index contributed by atoms with van der Waals surface area (Å²) >= 11 is 2.11. The Kier molecular flexibility index (Phi) is 6.24. The number of hydrogen-bond acceptors (Lipinski definition) is 3. The van der Waals surface area contributed by atoms with Crippen molar-refractivity contribution in [3.05, 3.63) is 18.2 Å². The number of thioether (sulfide) groups is 1. The second-order valence-corrected chi connectivity index (χ2v) is 6.83. The van der Waals surface area contributed by atoms with Gasteiger partial charge in [0.25, 0.3) is 0 Å². The average Bonchev–Trinajstić information content (AvgIpc) is 2.83. The lowest BCUT2D eigenvalue weighted by Gasteiger charge is -2.27. The van der Waals surface area contributed by atoms with Gasteiger partial charge < -0.3 is 9.88 Å². The number of nitrogens with zero attached hydrogens (tertiary/aromatic N) is 2. The Morgan fingerprint density at radius 1 is 1.47 bits per heavy atom. The maximum Gasteiger partial charge on any atom is 0.109 e. The van der Waals surface area contributed by atoms with Gasteiger partial charge in [0, 0.05) is 31.9 Å². The summed E-state index contributed by atoms with van der Waals surface area (Å²) in [6, 6.07) is 0.592. The molecular weight excluding hydrogens is 254 g/mol. The Bertz CT molecular complexity index is 358. The molecule has 0 saturated carbocycles. The maximum atomic E-state index is 4.48. The number of imidazole rings is 1. The van der Waals surface area contributed by atoms with Crippen LogP contribution in [0, 0.1) is 5.92 Å². The smallest absolute Gasteiger partial charge is 0.109 e. The van der Waals surface area contributed by atoms with E-state index in [0.717, 1.165) is 18.9 Å². The van der Waals surface area contributed by atoms with Crippen LogP contribution in [0.1, 0.15) is 38.4 Å². The van der Waals surface area contributed by atoms with Gasteiger partial charge in [-0.15, -0.1) is 0 Å². The highest BCUT2D eigenvalue weighted by Crippen LogP contribution is 2.27. The Morgan fingerprint density at radius 2 is 2.26 bits per heavy atom. The van der Waals surface area contributed by atoms with Crippen LogP contribution in [0.4, 0.5) is 0 Å². The van der Waals surface area contributed by atoms with E-state index in [1.807, 2.05) is 12.4 Å². The van der Waals surface area contributed by atoms with Crippen LogP contribution in [0.3, 0.4) is 0 Å². The SMILES string of the molecule is CCCNC(Cc1nccn1C)CC1CCSCC1. The monoisotopic (exact) mass is 281 g/mol. The molecule has 108 valence electrons. The fourth-order valence-electron chi connectivity index (χ4n) is 2.79. The topological polar surface area (TPSA) is 29.9 Å². The molecule has 0 radical (unpaired) electrons. The summed E-state index contributed by atoms with van der Waals surface area (Å²) in [5, 5.41) is 3.72. The zero-order valence-corrected chi connectivity index (χ0v) is 13.1. The second-order valence-electron chi connectivity index (χ2n) is 5.60. The van der Waals surface area contributed by atoms with Crippen LogP contribution in [-0.2, 0) is 13.5 Å². The van der Waals surface area contributed by atoms with Crippen molar-refractivity contribution in [2.45, 2.75) is 45.1 Å². The third-order valence-electron chi connectivity index (χ3n) is 3.99. The van der Waals surface area contributed by atoms with Crippen molar-refractivity contribution in [1.82, 2.24) is 14.9 Å². The molecule has 0 aromatic carbocycles. The molecule has 4 heteroatoms. The lowest BCUT2D eigenvalue weighted by atomic mass is 9.92. The fraction of sp³-hybridized carbons (Fsp3) is 0.800. The quantitative estimate of drug-likeness (QED) is 0.833. The van der Waals surface area contributed by atoms with Gasteiger partial charge in [0.15, 0.2) is 0 Å². The molecule has 3 nitrogen and oxygen atoms in total. The van der Waals surface area contributed by atoms with Crippen molar-refractivity contribution in [3.63, 3.8) is 0 Å². The molecule has 2 rings (SSSR count). The third kappa shape index (κ3) is 4.84. The molecule has 0 amide bonds. The number of aromatic nitrogens is 2. The molecule has 1 aromatic heterocycles. The van der Waals surface area contributed by atoms with Gasteiger partial charge in [-0.1, -0.05) is 6.92 Å². The van der Waals surface area contributed by atoms with Gasteiger partial charge in [-0.2, -0.15) is 11.8 Å². The van der Waals surface area contributed by atoms with Gasteiger partial charge in [-0.25, -0.2) is 4.98 Å². The molecule has 0 aliphatic carbocycles. The van der Waals surface area contributed by atoms with E-state index in [9.17, 15) is 0 Å². The minimum absolute atomic E-state index is 0.592. The summed E-state index contributed by atoms with van der Waals surface area (Å²) in [5.41, 5.74) is 0. The summed E-state index contributed by atoms with van der Waals surface area (Å²) < 4.78 is 2.15. The third-order valence-corrected chi connectivity index (χ3v) is 5.04. The zero-order valence-electron chi connectivity index (χ0n) is 12.3. The maximum absolute atomic E-state index is 4.48. The van der Waals surface area contributed by atoms with E-state index < -0.39 is 0 Å². The zero-order chi connectivity index (χ0) is 13.5. The summed E-state index contributed by atoms with van der Waals surface area (Å²) in [5.74, 6) is 4.83. The van der Waals surface area contributed by atoms with Crippen LogP contribution in [0.25, 0.3) is 0 Å². The molecule has 1 atom stereocenters. The van der Waals surface area contributed by atoms with Gasteiger partial charge in [0.1, 0.15) is 5.82 Å². The van der Waals surface area contributed by atoms with Gasteiger partial charge >= 0.3 is 0 Å². The average molecular weight is 281 g/mol. The Hall–Kier alpha value is -0.480. The summed E-state index contributed by atoms with van der Waals surface area (Å²) in [4.78, 5) is 4.48. The van der Waals surface area contributed by atoms with Crippen LogP contribution in [0.15, 0.2) is 12.4 Å². The number of rotatable bonds is 7. The van der Waals surface area contributed by atoms with Crippen LogP contribution in [0.2, 0.25) is 0 Å². The molecular formula is C15H27N3S. The van der Waals surface area contributed by atoms with Crippen LogP contribution >= 0.6 is 11.8 Å². The summed E-state index contributed by atoms with van der Waals surface area (Å²) in [7, 11) is 2.09. The molecule has 19 heavy (non-hydrogen) atoms. The molecule has 2 heterocycles. The number of nitrogens with one attached hydrogen (secondary N) is 1. The molecule has 1 aliphatic heterocycles. The lowest BCUT2D eigenvalue weighted by Crippen LogP contribution is -2.35. The first-order valence-electron chi connectivity index (χ1n) is 7.57. The predicted molar refractivity (Wildman–Crippen MR) is 83.7 cm³/mol. The molecule has 1 aromatic rings. The Labute approximate surface area is 121 Å². The van der Waals surface area contributed by atoms with Gasteiger partial charge in [-0.3, -0.25) is 0 Å². The highest BCUT2D eigenvalue weighted by Gasteiger charge is 2.20. The van der Waals surface area contributed by atoms with Crippen molar-refractivity contribution >= 4 is 11.8 Å². The van der Waals surface area contributed by atoms with E-state index >= 15 is 0 Å². The van der Waals surface area contributed by atoms with Crippen LogP contribution in [-0.4, -0.2) is 33.6 Å². The van der Waals surface area contributed by atoms with E-state index in [2.05, 4.69) is 40.6 Å². The van der Waals surface area contributed by atoms with Gasteiger partial charge in [-0.05, 0) is 49.7 Å². The van der Waals surface area contributed by atoms with E-state index in [-0.39, 0.29) is 0 Å². The van der Waals surface area contributed by atoms with Crippen molar-refractivity contribution in [1.29, 1.82) is 0 Å². The van der Waals surface area contributed by atoms with Crippen molar-refractivity contribution in [2.24, 2.45) is 13.0 Å². The molecule has 0 spiro atoms. The highest BCUT2D eigenvalue weighted by atomic mass is 32.2. The molecule has 1 aliphatic rings. The molecule has 0 bridgehead atoms. The first kappa shape index (κ1) is 14.9. The Balaban J connectivity index is 1.88.